The molecule has 0 rings (SSSR count). The van der Waals surface area contributed by atoms with Crippen molar-refractivity contribution >= 4 is 5.97 Å². The summed E-state index contributed by atoms with van der Waals surface area (Å²) < 4.78 is 4.36. The zero-order valence-corrected chi connectivity index (χ0v) is 6.23. The Bertz CT molecular complexity index is 122. The van der Waals surface area contributed by atoms with E-state index in [0.717, 1.165) is 0 Å². The maximum atomic E-state index is 10.5. The normalized spacial score (nSPS) is 15.6. The molecule has 0 aliphatic heterocycles. The summed E-state index contributed by atoms with van der Waals surface area (Å²) >= 11 is 0. The first-order chi connectivity index (χ1) is 5.07. The second kappa shape index (κ2) is 5.06. The lowest BCUT2D eigenvalue weighted by atomic mass is 10.4. The van der Waals surface area contributed by atoms with Crippen molar-refractivity contribution in [1.82, 2.24) is 0 Å². The van der Waals surface area contributed by atoms with Gasteiger partial charge in [0.25, 0.3) is 0 Å². The third-order valence-electron chi connectivity index (χ3n) is 0.970. The van der Waals surface area contributed by atoms with Gasteiger partial charge in [0.05, 0.1) is 6.61 Å². The van der Waals surface area contributed by atoms with Gasteiger partial charge in [0.1, 0.15) is 18.8 Å². The van der Waals surface area contributed by atoms with Gasteiger partial charge in [0.15, 0.2) is 0 Å². The van der Waals surface area contributed by atoms with Crippen LogP contribution in [0.15, 0.2) is 0 Å². The molecule has 0 radical (unpaired) electrons. The average Bonchev–Trinajstić information content (AvgIpc) is 1.99. The van der Waals surface area contributed by atoms with Crippen LogP contribution in [0.25, 0.3) is 0 Å². The number of carbonyl (C=O) groups excluding carboxylic acids is 1. The van der Waals surface area contributed by atoms with Gasteiger partial charge >= 0.3 is 5.97 Å². The molecule has 0 amide bonds. The van der Waals surface area contributed by atoms with Gasteiger partial charge < -0.3 is 20.1 Å². The molecule has 0 saturated carbocycles. The lowest BCUT2D eigenvalue weighted by Gasteiger charge is -2.09. The van der Waals surface area contributed by atoms with Crippen LogP contribution in [0.5, 0.6) is 0 Å². The van der Waals surface area contributed by atoms with E-state index in [1.54, 1.807) is 0 Å². The fourth-order valence-electron chi connectivity index (χ4n) is 0.352. The van der Waals surface area contributed by atoms with Gasteiger partial charge in [-0.3, -0.25) is 0 Å². The van der Waals surface area contributed by atoms with E-state index in [4.69, 9.17) is 15.3 Å². The molecular formula is C6H12O5. The Morgan fingerprint density at radius 3 is 2.45 bits per heavy atom. The Balaban J connectivity index is 3.46. The molecule has 0 saturated heterocycles. The first-order valence-corrected chi connectivity index (χ1v) is 3.21. The van der Waals surface area contributed by atoms with Gasteiger partial charge in [0, 0.05) is 0 Å². The van der Waals surface area contributed by atoms with Gasteiger partial charge in [-0.2, -0.15) is 0 Å². The number of carbonyl (C=O) groups is 1. The molecule has 11 heavy (non-hydrogen) atoms. The predicted molar refractivity (Wildman–Crippen MR) is 35.7 cm³/mol. The molecule has 2 atom stereocenters. The highest BCUT2D eigenvalue weighted by Gasteiger charge is 2.12. The number of ether oxygens (including phenoxy) is 1. The third kappa shape index (κ3) is 4.72. The second-order valence-corrected chi connectivity index (χ2v) is 2.14. The fourth-order valence-corrected chi connectivity index (χ4v) is 0.352. The highest BCUT2D eigenvalue weighted by molar-refractivity contribution is 5.73. The minimum Gasteiger partial charge on any atom is -0.461 e. The van der Waals surface area contributed by atoms with Crippen LogP contribution >= 0.6 is 0 Å². The SMILES string of the molecule is C[C@H](O)C(=O)OC[C@@H](O)CO. The van der Waals surface area contributed by atoms with Crippen molar-refractivity contribution in [2.45, 2.75) is 19.1 Å². The number of hydrogen-bond acceptors (Lipinski definition) is 5. The van der Waals surface area contributed by atoms with Gasteiger partial charge in [-0.15, -0.1) is 0 Å². The molecule has 0 aliphatic carbocycles. The van der Waals surface area contributed by atoms with Crippen molar-refractivity contribution < 1.29 is 24.9 Å². The second-order valence-electron chi connectivity index (χ2n) is 2.14. The minimum atomic E-state index is -1.19. The smallest absolute Gasteiger partial charge is 0.334 e. The zero-order valence-electron chi connectivity index (χ0n) is 6.23. The number of esters is 1. The molecule has 5 heteroatoms. The third-order valence-corrected chi connectivity index (χ3v) is 0.970. The molecule has 0 fully saturated rings. The van der Waals surface area contributed by atoms with Crippen LogP contribution in [-0.2, 0) is 9.53 Å². The largest absolute Gasteiger partial charge is 0.461 e. The Hall–Kier alpha value is -0.650. The van der Waals surface area contributed by atoms with Gasteiger partial charge in [-0.1, -0.05) is 0 Å². The summed E-state index contributed by atoms with van der Waals surface area (Å²) in [5.74, 6) is -0.808. The number of hydrogen-bond donors (Lipinski definition) is 3. The maximum absolute atomic E-state index is 10.5. The monoisotopic (exact) mass is 164 g/mol. The molecule has 0 aromatic carbocycles. The van der Waals surface area contributed by atoms with Crippen LogP contribution in [0, 0.1) is 0 Å². The van der Waals surface area contributed by atoms with E-state index >= 15 is 0 Å². The Morgan fingerprint density at radius 1 is 1.55 bits per heavy atom. The number of aliphatic hydroxyl groups excluding tert-OH is 3. The highest BCUT2D eigenvalue weighted by Crippen LogP contribution is 1.89. The number of rotatable bonds is 4. The number of aliphatic hydroxyl groups is 3. The van der Waals surface area contributed by atoms with E-state index in [-0.39, 0.29) is 6.61 Å². The highest BCUT2D eigenvalue weighted by atomic mass is 16.6. The fraction of sp³-hybridized carbons (Fsp3) is 0.833. The summed E-state index contributed by atoms with van der Waals surface area (Å²) in [6.07, 6.45) is -2.27. The van der Waals surface area contributed by atoms with Gasteiger partial charge in [0.2, 0.25) is 0 Å². The Morgan fingerprint density at radius 2 is 2.09 bits per heavy atom. The maximum Gasteiger partial charge on any atom is 0.334 e. The predicted octanol–water partition coefficient (Wildman–Crippen LogP) is -1.74. The molecule has 0 heterocycles. The topological polar surface area (TPSA) is 87.0 Å². The van der Waals surface area contributed by atoms with E-state index in [9.17, 15) is 4.79 Å². The quantitative estimate of drug-likeness (QED) is 0.429. The summed E-state index contributed by atoms with van der Waals surface area (Å²) in [4.78, 5) is 10.5. The van der Waals surface area contributed by atoms with E-state index in [2.05, 4.69) is 4.74 Å². The van der Waals surface area contributed by atoms with Crippen LogP contribution in [0.4, 0.5) is 0 Å². The van der Waals surface area contributed by atoms with Crippen molar-refractivity contribution in [3.8, 4) is 0 Å². The summed E-state index contributed by atoms with van der Waals surface area (Å²) in [6, 6.07) is 0. The molecule has 0 aliphatic rings. The lowest BCUT2D eigenvalue weighted by molar-refractivity contribution is -0.156. The van der Waals surface area contributed by atoms with Crippen LogP contribution in [0.3, 0.4) is 0 Å². The van der Waals surface area contributed by atoms with E-state index in [1.807, 2.05) is 0 Å². The minimum absolute atomic E-state index is 0.291. The van der Waals surface area contributed by atoms with Crippen LogP contribution in [0.2, 0.25) is 0 Å². The van der Waals surface area contributed by atoms with Crippen molar-refractivity contribution in [3.63, 3.8) is 0 Å². The average molecular weight is 164 g/mol. The molecule has 0 aromatic rings. The van der Waals surface area contributed by atoms with E-state index in [0.29, 0.717) is 0 Å². The lowest BCUT2D eigenvalue weighted by Crippen LogP contribution is -2.26. The van der Waals surface area contributed by atoms with Crippen LogP contribution in [0.1, 0.15) is 6.92 Å². The summed E-state index contributed by atoms with van der Waals surface area (Å²) in [7, 11) is 0. The molecule has 0 unspecified atom stereocenters. The Labute approximate surface area is 64.2 Å². The molecule has 0 bridgehead atoms. The summed E-state index contributed by atoms with van der Waals surface area (Å²) in [5, 5.41) is 25.6. The first kappa shape index (κ1) is 10.3. The van der Waals surface area contributed by atoms with Crippen molar-refractivity contribution in [3.05, 3.63) is 0 Å². The van der Waals surface area contributed by atoms with Crippen LogP contribution in [-0.4, -0.2) is 46.7 Å². The molecule has 3 N–H and O–H groups in total. The van der Waals surface area contributed by atoms with Crippen LogP contribution < -0.4 is 0 Å². The molecular weight excluding hydrogens is 152 g/mol. The molecule has 0 aromatic heterocycles. The van der Waals surface area contributed by atoms with E-state index < -0.39 is 24.8 Å². The van der Waals surface area contributed by atoms with E-state index in [1.165, 1.54) is 6.92 Å². The van der Waals surface area contributed by atoms with Crippen molar-refractivity contribution in [2.75, 3.05) is 13.2 Å². The zero-order chi connectivity index (χ0) is 8.85. The van der Waals surface area contributed by atoms with Crippen molar-refractivity contribution in [2.24, 2.45) is 0 Å². The molecule has 0 spiro atoms. The standard InChI is InChI=1S/C6H12O5/c1-4(8)6(10)11-3-5(9)2-7/h4-5,7-9H,2-3H2,1H3/t4-,5-/m0/s1. The van der Waals surface area contributed by atoms with Crippen molar-refractivity contribution in [1.29, 1.82) is 0 Å². The molecule has 66 valence electrons. The Kier molecular flexibility index (Phi) is 4.76. The van der Waals surface area contributed by atoms with Gasteiger partial charge in [-0.25, -0.2) is 4.79 Å². The summed E-state index contributed by atoms with van der Waals surface area (Å²) in [5.41, 5.74) is 0. The first-order valence-electron chi connectivity index (χ1n) is 3.21. The molecule has 5 nitrogen and oxygen atoms in total. The van der Waals surface area contributed by atoms with Gasteiger partial charge in [-0.05, 0) is 6.92 Å². The summed E-state index contributed by atoms with van der Waals surface area (Å²) in [6.45, 7) is 0.501.